The standard InChI is InChI=1S/C17H27NS/c1-12(2)14-8-10-15(11-9-14)13(3)18-16-6-5-7-17(16)19-4/h8-13,16-18H,5-7H2,1-4H3. The molecule has 2 rings (SSSR count). The summed E-state index contributed by atoms with van der Waals surface area (Å²) < 4.78 is 0. The highest BCUT2D eigenvalue weighted by molar-refractivity contribution is 7.99. The van der Waals surface area contributed by atoms with E-state index in [4.69, 9.17) is 0 Å². The van der Waals surface area contributed by atoms with E-state index in [0.717, 1.165) is 5.25 Å². The van der Waals surface area contributed by atoms with Gasteiger partial charge in [-0.15, -0.1) is 0 Å². The second kappa shape index (κ2) is 6.81. The molecule has 0 heterocycles. The lowest BCUT2D eigenvalue weighted by Gasteiger charge is -2.24. The lowest BCUT2D eigenvalue weighted by molar-refractivity contribution is 0.467. The molecule has 2 heteroatoms. The van der Waals surface area contributed by atoms with Crippen LogP contribution in [0, 0.1) is 0 Å². The normalized spacial score (nSPS) is 24.9. The minimum Gasteiger partial charge on any atom is -0.306 e. The summed E-state index contributed by atoms with van der Waals surface area (Å²) >= 11 is 2.02. The lowest BCUT2D eigenvalue weighted by atomic mass is 9.99. The van der Waals surface area contributed by atoms with E-state index in [1.165, 1.54) is 30.4 Å². The van der Waals surface area contributed by atoms with E-state index in [1.54, 1.807) is 0 Å². The van der Waals surface area contributed by atoms with Crippen LogP contribution >= 0.6 is 11.8 Å². The fourth-order valence-corrected chi connectivity index (χ4v) is 3.93. The van der Waals surface area contributed by atoms with Crippen LogP contribution in [0.1, 0.15) is 63.1 Å². The van der Waals surface area contributed by atoms with Gasteiger partial charge in [0.1, 0.15) is 0 Å². The molecule has 1 aliphatic carbocycles. The number of rotatable bonds is 5. The zero-order valence-corrected chi connectivity index (χ0v) is 13.5. The van der Waals surface area contributed by atoms with Crippen molar-refractivity contribution >= 4 is 11.8 Å². The van der Waals surface area contributed by atoms with E-state index in [-0.39, 0.29) is 0 Å². The minimum atomic E-state index is 0.457. The third-order valence-corrected chi connectivity index (χ3v) is 5.49. The molecule has 0 saturated heterocycles. The molecule has 0 aromatic heterocycles. The summed E-state index contributed by atoms with van der Waals surface area (Å²) in [4.78, 5) is 0. The van der Waals surface area contributed by atoms with Crippen molar-refractivity contribution < 1.29 is 0 Å². The molecule has 0 spiro atoms. The maximum absolute atomic E-state index is 3.82. The van der Waals surface area contributed by atoms with Crippen molar-refractivity contribution in [2.24, 2.45) is 0 Å². The summed E-state index contributed by atoms with van der Waals surface area (Å²) in [5, 5.41) is 4.63. The van der Waals surface area contributed by atoms with Gasteiger partial charge in [0.05, 0.1) is 0 Å². The molecule has 1 saturated carbocycles. The first-order valence-electron chi connectivity index (χ1n) is 7.50. The first kappa shape index (κ1) is 14.9. The van der Waals surface area contributed by atoms with E-state index in [1.807, 2.05) is 11.8 Å². The predicted molar refractivity (Wildman–Crippen MR) is 87.0 cm³/mol. The van der Waals surface area contributed by atoms with Crippen LogP contribution in [0.2, 0.25) is 0 Å². The fraction of sp³-hybridized carbons (Fsp3) is 0.647. The summed E-state index contributed by atoms with van der Waals surface area (Å²) in [5.74, 6) is 0.619. The van der Waals surface area contributed by atoms with Gasteiger partial charge in [-0.25, -0.2) is 0 Å². The molecule has 0 amide bonds. The van der Waals surface area contributed by atoms with Crippen LogP contribution in [0.4, 0.5) is 0 Å². The van der Waals surface area contributed by atoms with Crippen molar-refractivity contribution in [3.05, 3.63) is 35.4 Å². The van der Waals surface area contributed by atoms with Gasteiger partial charge in [-0.1, -0.05) is 44.5 Å². The average molecular weight is 277 g/mol. The van der Waals surface area contributed by atoms with Crippen molar-refractivity contribution in [2.45, 2.75) is 63.3 Å². The third kappa shape index (κ3) is 3.76. The second-order valence-electron chi connectivity index (χ2n) is 6.02. The quantitative estimate of drug-likeness (QED) is 0.834. The third-order valence-electron chi connectivity index (χ3n) is 4.32. The van der Waals surface area contributed by atoms with Crippen LogP contribution in [0.5, 0.6) is 0 Å². The SMILES string of the molecule is CSC1CCCC1NC(C)c1ccc(C(C)C)cc1. The molecule has 0 aliphatic heterocycles. The monoisotopic (exact) mass is 277 g/mol. The highest BCUT2D eigenvalue weighted by Gasteiger charge is 2.27. The lowest BCUT2D eigenvalue weighted by Crippen LogP contribution is -2.35. The zero-order chi connectivity index (χ0) is 13.8. The van der Waals surface area contributed by atoms with Crippen molar-refractivity contribution in [2.75, 3.05) is 6.26 Å². The number of benzene rings is 1. The largest absolute Gasteiger partial charge is 0.306 e. The van der Waals surface area contributed by atoms with Crippen molar-refractivity contribution in [3.8, 4) is 0 Å². The van der Waals surface area contributed by atoms with Gasteiger partial charge >= 0.3 is 0 Å². The smallest absolute Gasteiger partial charge is 0.0294 e. The Hall–Kier alpha value is -0.470. The highest BCUT2D eigenvalue weighted by atomic mass is 32.2. The molecule has 1 fully saturated rings. The van der Waals surface area contributed by atoms with Gasteiger partial charge in [0, 0.05) is 17.3 Å². The van der Waals surface area contributed by atoms with Crippen molar-refractivity contribution in [1.29, 1.82) is 0 Å². The van der Waals surface area contributed by atoms with Crippen molar-refractivity contribution in [3.63, 3.8) is 0 Å². The molecular formula is C17H27NS. The molecule has 1 aliphatic rings. The molecule has 1 nitrogen and oxygen atoms in total. The summed E-state index contributed by atoms with van der Waals surface area (Å²) in [6.07, 6.45) is 6.33. The van der Waals surface area contributed by atoms with E-state index in [9.17, 15) is 0 Å². The van der Waals surface area contributed by atoms with E-state index >= 15 is 0 Å². The van der Waals surface area contributed by atoms with Gasteiger partial charge in [-0.3, -0.25) is 0 Å². The fourth-order valence-electron chi connectivity index (χ4n) is 2.99. The Labute approximate surface area is 122 Å². The minimum absolute atomic E-state index is 0.457. The Morgan fingerprint density at radius 2 is 1.68 bits per heavy atom. The molecule has 3 unspecified atom stereocenters. The topological polar surface area (TPSA) is 12.0 Å². The van der Waals surface area contributed by atoms with Crippen LogP contribution in [0.25, 0.3) is 0 Å². The zero-order valence-electron chi connectivity index (χ0n) is 12.6. The molecule has 3 atom stereocenters. The van der Waals surface area contributed by atoms with Crippen LogP contribution in [0.15, 0.2) is 24.3 Å². The van der Waals surface area contributed by atoms with Crippen LogP contribution in [0.3, 0.4) is 0 Å². The Kier molecular flexibility index (Phi) is 5.35. The number of nitrogens with one attached hydrogen (secondary N) is 1. The maximum atomic E-state index is 3.82. The maximum Gasteiger partial charge on any atom is 0.0294 e. The predicted octanol–water partition coefficient (Wildman–Crippen LogP) is 4.74. The average Bonchev–Trinajstić information content (AvgIpc) is 2.86. The number of hydrogen-bond donors (Lipinski definition) is 1. The molecular weight excluding hydrogens is 250 g/mol. The van der Waals surface area contributed by atoms with Gasteiger partial charge in [0.2, 0.25) is 0 Å². The van der Waals surface area contributed by atoms with Gasteiger partial charge in [-0.05, 0) is 43.1 Å². The summed E-state index contributed by atoms with van der Waals surface area (Å²) in [5.41, 5.74) is 2.84. The summed E-state index contributed by atoms with van der Waals surface area (Å²) in [7, 11) is 0. The van der Waals surface area contributed by atoms with Crippen molar-refractivity contribution in [1.82, 2.24) is 5.32 Å². The van der Waals surface area contributed by atoms with Gasteiger partial charge in [0.15, 0.2) is 0 Å². The Balaban J connectivity index is 1.97. The van der Waals surface area contributed by atoms with E-state index in [2.05, 4.69) is 56.6 Å². The van der Waals surface area contributed by atoms with Gasteiger partial charge in [0.25, 0.3) is 0 Å². The first-order chi connectivity index (χ1) is 9.11. The highest BCUT2D eigenvalue weighted by Crippen LogP contribution is 2.30. The molecule has 106 valence electrons. The van der Waals surface area contributed by atoms with Gasteiger partial charge in [-0.2, -0.15) is 11.8 Å². The van der Waals surface area contributed by atoms with Crippen LogP contribution in [-0.4, -0.2) is 17.5 Å². The Morgan fingerprint density at radius 1 is 1.05 bits per heavy atom. The molecule has 0 bridgehead atoms. The molecule has 19 heavy (non-hydrogen) atoms. The second-order valence-corrected chi connectivity index (χ2v) is 7.10. The van der Waals surface area contributed by atoms with E-state index < -0.39 is 0 Å². The molecule has 1 aromatic carbocycles. The molecule has 1 N–H and O–H groups in total. The molecule has 1 aromatic rings. The number of thioether (sulfide) groups is 1. The van der Waals surface area contributed by atoms with Crippen LogP contribution < -0.4 is 5.32 Å². The van der Waals surface area contributed by atoms with E-state index in [0.29, 0.717) is 18.0 Å². The van der Waals surface area contributed by atoms with Gasteiger partial charge < -0.3 is 5.32 Å². The summed E-state index contributed by atoms with van der Waals surface area (Å²) in [6.45, 7) is 6.79. The Morgan fingerprint density at radius 3 is 2.26 bits per heavy atom. The van der Waals surface area contributed by atoms with Crippen LogP contribution in [-0.2, 0) is 0 Å². The number of hydrogen-bond acceptors (Lipinski definition) is 2. The summed E-state index contributed by atoms with van der Waals surface area (Å²) in [6, 6.07) is 10.3. The first-order valence-corrected chi connectivity index (χ1v) is 8.79. The Bertz CT molecular complexity index is 385. The molecule has 0 radical (unpaired) electrons.